The highest BCUT2D eigenvalue weighted by Crippen LogP contribution is 2.16. The molecule has 96 valence electrons. The van der Waals surface area contributed by atoms with Crippen LogP contribution in [-0.4, -0.2) is 29.1 Å². The molecule has 1 unspecified atom stereocenters. The first-order valence-corrected chi connectivity index (χ1v) is 8.06. The second kappa shape index (κ2) is 7.61. The first kappa shape index (κ1) is 14.4. The number of rotatable bonds is 8. The van der Waals surface area contributed by atoms with Crippen LogP contribution in [0.2, 0.25) is 0 Å². The zero-order valence-corrected chi connectivity index (χ0v) is 11.9. The molecule has 0 aliphatic heterocycles. The third-order valence-electron chi connectivity index (χ3n) is 2.46. The molecule has 3 nitrogen and oxygen atoms in total. The Labute approximate surface area is 105 Å². The van der Waals surface area contributed by atoms with Crippen LogP contribution in [0, 0.1) is 0 Å². The number of hydrogen-bond acceptors (Lipinski definition) is 3. The molecule has 0 amide bonds. The summed E-state index contributed by atoms with van der Waals surface area (Å²) in [6, 6.07) is 10.9. The lowest BCUT2D eigenvalue weighted by Gasteiger charge is -2.27. The van der Waals surface area contributed by atoms with Crippen molar-refractivity contribution in [2.24, 2.45) is 0 Å². The van der Waals surface area contributed by atoms with E-state index in [1.165, 1.54) is 5.56 Å². The van der Waals surface area contributed by atoms with E-state index < -0.39 is 8.80 Å². The van der Waals surface area contributed by atoms with Crippen molar-refractivity contribution in [2.75, 3.05) is 20.3 Å². The van der Waals surface area contributed by atoms with E-state index in [4.69, 9.17) is 13.3 Å². The molecule has 0 heterocycles. The summed E-state index contributed by atoms with van der Waals surface area (Å²) in [6.07, 6.45) is 0.972. The Morgan fingerprint density at radius 2 is 1.76 bits per heavy atom. The summed E-state index contributed by atoms with van der Waals surface area (Å²) in [5.41, 5.74) is 1.20. The first-order chi connectivity index (χ1) is 8.26. The van der Waals surface area contributed by atoms with Crippen molar-refractivity contribution in [3.8, 4) is 0 Å². The average Bonchev–Trinajstić information content (AvgIpc) is 2.37. The van der Waals surface area contributed by atoms with E-state index in [0.717, 1.165) is 12.5 Å². The topological polar surface area (TPSA) is 27.7 Å². The molecule has 1 rings (SSSR count). The zero-order valence-electron chi connectivity index (χ0n) is 10.9. The van der Waals surface area contributed by atoms with E-state index in [1.54, 1.807) is 7.11 Å². The summed E-state index contributed by atoms with van der Waals surface area (Å²) >= 11 is 0. The molecule has 0 aliphatic rings. The Kier molecular flexibility index (Phi) is 6.43. The monoisotopic (exact) mass is 254 g/mol. The Morgan fingerprint density at radius 3 is 2.29 bits per heavy atom. The maximum atomic E-state index is 5.87. The minimum Gasteiger partial charge on any atom is -0.377 e. The second-order valence-electron chi connectivity index (χ2n) is 3.83. The maximum Gasteiger partial charge on any atom is 0.505 e. The summed E-state index contributed by atoms with van der Waals surface area (Å²) in [5, 5.41) is 0. The van der Waals surface area contributed by atoms with Gasteiger partial charge in [-0.05, 0) is 18.9 Å². The summed E-state index contributed by atoms with van der Waals surface area (Å²) in [5.74, 6) is 0. The normalized spacial score (nSPS) is 14.5. The van der Waals surface area contributed by atoms with E-state index in [-0.39, 0.29) is 0 Å². The highest BCUT2D eigenvalue weighted by Gasteiger charge is 2.39. The van der Waals surface area contributed by atoms with E-state index in [0.29, 0.717) is 13.2 Å². The van der Waals surface area contributed by atoms with Crippen LogP contribution >= 0.6 is 0 Å². The zero-order chi connectivity index (χ0) is 12.6. The minimum absolute atomic E-state index is 0.622. The van der Waals surface area contributed by atoms with Crippen molar-refractivity contribution in [2.45, 2.75) is 26.3 Å². The van der Waals surface area contributed by atoms with Gasteiger partial charge in [0.2, 0.25) is 0 Å². The highest BCUT2D eigenvalue weighted by molar-refractivity contribution is 6.60. The fourth-order valence-corrected chi connectivity index (χ4v) is 4.02. The molecule has 0 aromatic heterocycles. The van der Waals surface area contributed by atoms with Gasteiger partial charge in [0, 0.05) is 26.4 Å². The van der Waals surface area contributed by atoms with Gasteiger partial charge in [-0.1, -0.05) is 37.3 Å². The summed E-state index contributed by atoms with van der Waals surface area (Å²) in [6.45, 7) is 5.37. The molecule has 17 heavy (non-hydrogen) atoms. The lowest BCUT2D eigenvalue weighted by atomic mass is 10.2. The van der Waals surface area contributed by atoms with Crippen LogP contribution in [0.4, 0.5) is 0 Å². The fraction of sp³-hybridized carbons (Fsp3) is 0.538. The molecular weight excluding hydrogens is 232 g/mol. The molecule has 0 N–H and O–H groups in total. The molecule has 0 radical (unpaired) electrons. The molecule has 0 aliphatic carbocycles. The molecule has 0 spiro atoms. The Hall–Kier alpha value is -0.683. The summed E-state index contributed by atoms with van der Waals surface area (Å²) in [4.78, 5) is 0. The van der Waals surface area contributed by atoms with Gasteiger partial charge < -0.3 is 13.3 Å². The Morgan fingerprint density at radius 1 is 1.06 bits per heavy atom. The molecule has 0 bridgehead atoms. The Bertz CT molecular complexity index is 305. The second-order valence-corrected chi connectivity index (χ2v) is 6.54. The van der Waals surface area contributed by atoms with Crippen LogP contribution < -0.4 is 0 Å². The molecule has 0 fully saturated rings. The third kappa shape index (κ3) is 4.59. The van der Waals surface area contributed by atoms with E-state index in [9.17, 15) is 0 Å². The lowest BCUT2D eigenvalue weighted by Crippen LogP contribution is -2.47. The van der Waals surface area contributed by atoms with Gasteiger partial charge in [0.15, 0.2) is 0 Å². The summed E-state index contributed by atoms with van der Waals surface area (Å²) in [7, 11) is -0.850. The smallest absolute Gasteiger partial charge is 0.377 e. The van der Waals surface area contributed by atoms with Crippen LogP contribution in [0.3, 0.4) is 0 Å². The molecule has 1 atom stereocenters. The highest BCUT2D eigenvalue weighted by atomic mass is 28.4. The number of benzene rings is 1. The maximum absolute atomic E-state index is 5.87. The average molecular weight is 254 g/mol. The largest absolute Gasteiger partial charge is 0.505 e. The lowest BCUT2D eigenvalue weighted by molar-refractivity contribution is 0.0810. The van der Waals surface area contributed by atoms with Gasteiger partial charge in [0.1, 0.15) is 0 Å². The van der Waals surface area contributed by atoms with Gasteiger partial charge in [-0.15, -0.1) is 0 Å². The van der Waals surface area contributed by atoms with E-state index in [2.05, 4.69) is 19.1 Å². The third-order valence-corrected chi connectivity index (χ3v) is 5.30. The van der Waals surface area contributed by atoms with Crippen molar-refractivity contribution in [1.82, 2.24) is 0 Å². The predicted octanol–water partition coefficient (Wildman–Crippen LogP) is 2.82. The quantitative estimate of drug-likeness (QED) is 0.668. The SMILES string of the molecule is CCCO[Si](Cc1ccccc1)(OC)OCC. The van der Waals surface area contributed by atoms with Crippen molar-refractivity contribution in [3.05, 3.63) is 35.9 Å². The van der Waals surface area contributed by atoms with Crippen molar-refractivity contribution in [1.29, 1.82) is 0 Å². The van der Waals surface area contributed by atoms with E-state index >= 15 is 0 Å². The van der Waals surface area contributed by atoms with Crippen molar-refractivity contribution in [3.63, 3.8) is 0 Å². The van der Waals surface area contributed by atoms with Crippen molar-refractivity contribution < 1.29 is 13.3 Å². The summed E-state index contributed by atoms with van der Waals surface area (Å²) < 4.78 is 17.2. The minimum atomic E-state index is -2.53. The van der Waals surface area contributed by atoms with Crippen LogP contribution in [0.25, 0.3) is 0 Å². The predicted molar refractivity (Wildman–Crippen MR) is 70.8 cm³/mol. The standard InChI is InChI=1S/C13H22O3Si/c1-4-11-16-17(14-3,15-5-2)12-13-9-7-6-8-10-13/h6-10H,4-5,11-12H2,1-3H3. The van der Waals surface area contributed by atoms with Gasteiger partial charge >= 0.3 is 8.80 Å². The van der Waals surface area contributed by atoms with E-state index in [1.807, 2.05) is 25.1 Å². The van der Waals surface area contributed by atoms with Gasteiger partial charge in [0.25, 0.3) is 0 Å². The molecule has 1 aromatic carbocycles. The van der Waals surface area contributed by atoms with Crippen molar-refractivity contribution >= 4 is 8.80 Å². The van der Waals surface area contributed by atoms with Crippen LogP contribution in [0.1, 0.15) is 25.8 Å². The van der Waals surface area contributed by atoms with Gasteiger partial charge in [-0.2, -0.15) is 0 Å². The van der Waals surface area contributed by atoms with Gasteiger partial charge in [-0.25, -0.2) is 0 Å². The van der Waals surface area contributed by atoms with Crippen LogP contribution in [-0.2, 0) is 19.3 Å². The molecular formula is C13H22O3Si. The first-order valence-electron chi connectivity index (χ1n) is 6.13. The molecule has 0 saturated heterocycles. The Balaban J connectivity index is 2.74. The molecule has 4 heteroatoms. The van der Waals surface area contributed by atoms with Crippen LogP contribution in [0.5, 0.6) is 0 Å². The molecule has 1 aromatic rings. The molecule has 0 saturated carbocycles. The number of hydrogen-bond donors (Lipinski definition) is 0. The fourth-order valence-electron chi connectivity index (χ4n) is 1.66. The van der Waals surface area contributed by atoms with Gasteiger partial charge in [-0.3, -0.25) is 0 Å². The van der Waals surface area contributed by atoms with Crippen LogP contribution in [0.15, 0.2) is 30.3 Å². The van der Waals surface area contributed by atoms with Gasteiger partial charge in [0.05, 0.1) is 0 Å².